The molecule has 2 aromatic carbocycles. The number of carbonyl (C=O) groups is 1. The van der Waals surface area contributed by atoms with Gasteiger partial charge in [0, 0.05) is 48.8 Å². The number of anilines is 1. The molecule has 0 fully saturated rings. The Balaban J connectivity index is 1.82. The number of amides is 1. The molecule has 0 saturated heterocycles. The molecule has 0 aliphatic heterocycles. The molecule has 0 unspecified atom stereocenters. The van der Waals surface area contributed by atoms with Crippen molar-refractivity contribution in [1.82, 2.24) is 24.6 Å². The topological polar surface area (TPSA) is 85.2 Å². The van der Waals surface area contributed by atoms with E-state index < -0.39 is 0 Å². The molecule has 0 atom stereocenters. The van der Waals surface area contributed by atoms with Crippen molar-refractivity contribution in [3.63, 3.8) is 0 Å². The molecule has 1 amide bonds. The second-order valence-corrected chi connectivity index (χ2v) is 7.82. The third-order valence-electron chi connectivity index (χ3n) is 5.15. The number of rotatable bonds is 7. The Kier molecular flexibility index (Phi) is 6.13. The van der Waals surface area contributed by atoms with Gasteiger partial charge in [0.15, 0.2) is 0 Å². The third-order valence-corrected chi connectivity index (χ3v) is 5.15. The first-order valence-electron chi connectivity index (χ1n) is 10.3. The quantitative estimate of drug-likeness (QED) is 0.482. The molecule has 0 bridgehead atoms. The van der Waals surface area contributed by atoms with Crippen molar-refractivity contribution >= 4 is 22.5 Å². The standard InChI is InChI=1S/C24H26N6O2/c1-29(2)11-10-22(31)27-20-12-17-19(13-21(20)32-4)25-15-26-24(17)18-14-30(3)28-23(18)16-8-6-5-7-9-16/h5-9,12-15H,10-11H2,1-4H3,(H,27,31). The molecule has 4 aromatic rings. The van der Waals surface area contributed by atoms with Crippen LogP contribution in [-0.2, 0) is 11.8 Å². The maximum absolute atomic E-state index is 12.5. The summed E-state index contributed by atoms with van der Waals surface area (Å²) in [6.45, 7) is 0.659. The smallest absolute Gasteiger partial charge is 0.225 e. The Labute approximate surface area is 186 Å². The average molecular weight is 431 g/mol. The van der Waals surface area contributed by atoms with Crippen LogP contribution in [0.15, 0.2) is 55.0 Å². The van der Waals surface area contributed by atoms with Crippen molar-refractivity contribution < 1.29 is 9.53 Å². The van der Waals surface area contributed by atoms with Gasteiger partial charge in [-0.15, -0.1) is 0 Å². The Hall–Kier alpha value is -3.78. The second kappa shape index (κ2) is 9.15. The number of carbonyl (C=O) groups excluding carboxylic acids is 1. The van der Waals surface area contributed by atoms with Gasteiger partial charge in [-0.3, -0.25) is 9.48 Å². The van der Waals surface area contributed by atoms with Crippen LogP contribution in [-0.4, -0.2) is 58.3 Å². The lowest BCUT2D eigenvalue weighted by molar-refractivity contribution is -0.116. The monoisotopic (exact) mass is 430 g/mol. The highest BCUT2D eigenvalue weighted by molar-refractivity contribution is 6.01. The van der Waals surface area contributed by atoms with Gasteiger partial charge in [0.2, 0.25) is 5.91 Å². The number of nitrogens with one attached hydrogen (secondary N) is 1. The van der Waals surface area contributed by atoms with E-state index in [1.54, 1.807) is 11.8 Å². The predicted molar refractivity (Wildman–Crippen MR) is 126 cm³/mol. The van der Waals surface area contributed by atoms with E-state index in [1.165, 1.54) is 6.33 Å². The fourth-order valence-electron chi connectivity index (χ4n) is 3.57. The average Bonchev–Trinajstić information content (AvgIpc) is 3.19. The Morgan fingerprint density at radius 1 is 1.12 bits per heavy atom. The summed E-state index contributed by atoms with van der Waals surface area (Å²) in [4.78, 5) is 23.5. The molecule has 4 rings (SSSR count). The lowest BCUT2D eigenvalue weighted by atomic mass is 10.0. The molecule has 2 heterocycles. The first kappa shape index (κ1) is 21.5. The number of methoxy groups -OCH3 is 1. The van der Waals surface area contributed by atoms with E-state index in [0.29, 0.717) is 24.4 Å². The third kappa shape index (κ3) is 4.45. The van der Waals surface area contributed by atoms with E-state index in [9.17, 15) is 4.79 Å². The highest BCUT2D eigenvalue weighted by Crippen LogP contribution is 2.37. The number of nitrogens with zero attached hydrogens (tertiary/aromatic N) is 5. The largest absolute Gasteiger partial charge is 0.494 e. The summed E-state index contributed by atoms with van der Waals surface area (Å²) in [5, 5.41) is 8.45. The van der Waals surface area contributed by atoms with Crippen LogP contribution in [0.2, 0.25) is 0 Å². The first-order chi connectivity index (χ1) is 15.5. The molecule has 0 saturated carbocycles. The molecule has 164 valence electrons. The highest BCUT2D eigenvalue weighted by Gasteiger charge is 2.18. The van der Waals surface area contributed by atoms with Crippen molar-refractivity contribution in [1.29, 1.82) is 0 Å². The van der Waals surface area contributed by atoms with Gasteiger partial charge in [-0.25, -0.2) is 9.97 Å². The van der Waals surface area contributed by atoms with Crippen molar-refractivity contribution in [3.05, 3.63) is 55.0 Å². The molecule has 0 aliphatic carbocycles. The molecule has 0 spiro atoms. The Bertz CT molecular complexity index is 1250. The maximum atomic E-state index is 12.5. The second-order valence-electron chi connectivity index (χ2n) is 7.82. The van der Waals surface area contributed by atoms with Crippen LogP contribution in [0, 0.1) is 0 Å². The van der Waals surface area contributed by atoms with Gasteiger partial charge < -0.3 is 15.0 Å². The summed E-state index contributed by atoms with van der Waals surface area (Å²) in [7, 11) is 7.34. The summed E-state index contributed by atoms with van der Waals surface area (Å²) in [5.41, 5.74) is 4.78. The molecule has 2 aromatic heterocycles. The minimum atomic E-state index is -0.0823. The van der Waals surface area contributed by atoms with Gasteiger partial charge in [-0.2, -0.15) is 5.10 Å². The van der Waals surface area contributed by atoms with Gasteiger partial charge in [0.05, 0.1) is 24.0 Å². The van der Waals surface area contributed by atoms with Gasteiger partial charge in [0.25, 0.3) is 0 Å². The lowest BCUT2D eigenvalue weighted by Gasteiger charge is -2.14. The molecular weight excluding hydrogens is 404 g/mol. The van der Waals surface area contributed by atoms with E-state index in [4.69, 9.17) is 4.74 Å². The van der Waals surface area contributed by atoms with E-state index in [0.717, 1.165) is 33.4 Å². The van der Waals surface area contributed by atoms with Crippen molar-refractivity contribution in [3.8, 4) is 28.3 Å². The van der Waals surface area contributed by atoms with E-state index in [1.807, 2.05) is 74.7 Å². The number of hydrogen-bond acceptors (Lipinski definition) is 6. The molecule has 0 radical (unpaired) electrons. The zero-order valence-electron chi connectivity index (χ0n) is 18.7. The lowest BCUT2D eigenvalue weighted by Crippen LogP contribution is -2.21. The summed E-state index contributed by atoms with van der Waals surface area (Å²) < 4.78 is 7.30. The van der Waals surface area contributed by atoms with Crippen LogP contribution >= 0.6 is 0 Å². The van der Waals surface area contributed by atoms with E-state index in [-0.39, 0.29) is 5.91 Å². The molecule has 1 N–H and O–H groups in total. The minimum absolute atomic E-state index is 0.0823. The fourth-order valence-corrected chi connectivity index (χ4v) is 3.57. The van der Waals surface area contributed by atoms with Gasteiger partial charge >= 0.3 is 0 Å². The predicted octanol–water partition coefficient (Wildman–Crippen LogP) is 3.60. The van der Waals surface area contributed by atoms with Gasteiger partial charge in [-0.05, 0) is 20.2 Å². The molecule has 8 heteroatoms. The maximum Gasteiger partial charge on any atom is 0.225 e. The molecule has 8 nitrogen and oxygen atoms in total. The highest BCUT2D eigenvalue weighted by atomic mass is 16.5. The molecule has 32 heavy (non-hydrogen) atoms. The van der Waals surface area contributed by atoms with Crippen LogP contribution in [0.4, 0.5) is 5.69 Å². The van der Waals surface area contributed by atoms with Gasteiger partial charge in [-0.1, -0.05) is 30.3 Å². The number of fused-ring (bicyclic) bond motifs is 1. The first-order valence-corrected chi connectivity index (χ1v) is 10.3. The number of benzene rings is 2. The Morgan fingerprint density at radius 3 is 2.62 bits per heavy atom. The van der Waals surface area contributed by atoms with Crippen LogP contribution < -0.4 is 10.1 Å². The fraction of sp³-hybridized carbons (Fsp3) is 0.250. The van der Waals surface area contributed by atoms with Crippen molar-refractivity contribution in [2.45, 2.75) is 6.42 Å². The zero-order valence-corrected chi connectivity index (χ0v) is 18.7. The summed E-state index contributed by atoms with van der Waals surface area (Å²) >= 11 is 0. The number of aromatic nitrogens is 4. The van der Waals surface area contributed by atoms with Crippen molar-refractivity contribution in [2.24, 2.45) is 7.05 Å². The number of hydrogen-bond donors (Lipinski definition) is 1. The minimum Gasteiger partial charge on any atom is -0.494 e. The van der Waals surface area contributed by atoms with Crippen LogP contribution in [0.25, 0.3) is 33.4 Å². The van der Waals surface area contributed by atoms with Crippen LogP contribution in [0.3, 0.4) is 0 Å². The normalized spacial score (nSPS) is 11.2. The van der Waals surface area contributed by atoms with Crippen LogP contribution in [0.1, 0.15) is 6.42 Å². The number of aryl methyl sites for hydroxylation is 1. The van der Waals surface area contributed by atoms with Crippen LogP contribution in [0.5, 0.6) is 5.75 Å². The summed E-state index contributed by atoms with van der Waals surface area (Å²) in [5.74, 6) is 0.468. The van der Waals surface area contributed by atoms with Gasteiger partial charge in [0.1, 0.15) is 17.8 Å². The van der Waals surface area contributed by atoms with E-state index in [2.05, 4.69) is 20.4 Å². The van der Waals surface area contributed by atoms with E-state index >= 15 is 0 Å². The van der Waals surface area contributed by atoms with Crippen molar-refractivity contribution in [2.75, 3.05) is 33.1 Å². The zero-order chi connectivity index (χ0) is 22.7. The molecular formula is C24H26N6O2. The number of ether oxygens (including phenoxy) is 1. The Morgan fingerprint density at radius 2 is 1.91 bits per heavy atom. The molecule has 0 aliphatic rings. The summed E-state index contributed by atoms with van der Waals surface area (Å²) in [6, 6.07) is 13.7. The SMILES string of the molecule is COc1cc2ncnc(-c3cn(C)nc3-c3ccccc3)c2cc1NC(=O)CCN(C)C. The summed E-state index contributed by atoms with van der Waals surface area (Å²) in [6.07, 6.45) is 3.87.